The van der Waals surface area contributed by atoms with Crippen LogP contribution in [0.5, 0.6) is 11.5 Å². The number of ketones is 1. The molecule has 22 heavy (non-hydrogen) atoms. The van der Waals surface area contributed by atoms with Crippen LogP contribution in [0.4, 0.5) is 0 Å². The van der Waals surface area contributed by atoms with Gasteiger partial charge in [-0.1, -0.05) is 0 Å². The number of hydrogen-bond acceptors (Lipinski definition) is 4. The van der Waals surface area contributed by atoms with Gasteiger partial charge in [-0.15, -0.1) is 0 Å². The highest BCUT2D eigenvalue weighted by molar-refractivity contribution is 9.13. The van der Waals surface area contributed by atoms with Crippen LogP contribution in [0.2, 0.25) is 0 Å². The minimum atomic E-state index is -0.446. The topological polar surface area (TPSA) is 65.0 Å². The zero-order valence-corrected chi connectivity index (χ0v) is 14.9. The Kier molecular flexibility index (Phi) is 5.31. The van der Waals surface area contributed by atoms with E-state index in [0.717, 1.165) is 0 Å². The third-order valence-corrected chi connectivity index (χ3v) is 4.02. The molecule has 7 heteroatoms. The van der Waals surface area contributed by atoms with Gasteiger partial charge in [0.15, 0.2) is 11.5 Å². The standard InChI is InChI=1S/C15H11Br2NO4/c1-21-12-4-3-8(5-13(12)22-2)15(20)18-9-6-10(16)14(19)11(17)7-9/h3-7H,1-2H3. The smallest absolute Gasteiger partial charge is 0.277 e. The molecule has 0 saturated carbocycles. The van der Waals surface area contributed by atoms with Crippen LogP contribution in [0.25, 0.3) is 0 Å². The molecule has 0 aromatic heterocycles. The van der Waals surface area contributed by atoms with Crippen molar-refractivity contribution in [2.24, 2.45) is 4.99 Å². The number of amides is 1. The van der Waals surface area contributed by atoms with Crippen molar-refractivity contribution in [3.8, 4) is 11.5 Å². The number of carbonyl (C=O) groups excluding carboxylic acids is 2. The minimum absolute atomic E-state index is 0.197. The molecule has 0 N–H and O–H groups in total. The summed E-state index contributed by atoms with van der Waals surface area (Å²) in [4.78, 5) is 27.8. The maximum atomic E-state index is 12.2. The molecule has 1 aliphatic carbocycles. The Balaban J connectivity index is 2.33. The Morgan fingerprint density at radius 1 is 1.05 bits per heavy atom. The SMILES string of the molecule is COc1ccc(C(=O)N=C2C=C(Br)C(=O)C(Br)=C2)cc1OC. The number of methoxy groups -OCH3 is 2. The molecule has 0 aliphatic heterocycles. The average molecular weight is 429 g/mol. The second-order valence-electron chi connectivity index (χ2n) is 4.23. The Morgan fingerprint density at radius 2 is 1.64 bits per heavy atom. The molecule has 0 saturated heterocycles. The summed E-state index contributed by atoms with van der Waals surface area (Å²) in [6.07, 6.45) is 2.98. The van der Waals surface area contributed by atoms with Gasteiger partial charge in [-0.05, 0) is 62.2 Å². The maximum absolute atomic E-state index is 12.2. The van der Waals surface area contributed by atoms with Crippen LogP contribution < -0.4 is 9.47 Å². The highest BCUT2D eigenvalue weighted by atomic mass is 79.9. The summed E-state index contributed by atoms with van der Waals surface area (Å²) in [6.45, 7) is 0. The monoisotopic (exact) mass is 427 g/mol. The van der Waals surface area contributed by atoms with Crippen molar-refractivity contribution in [1.82, 2.24) is 0 Å². The lowest BCUT2D eigenvalue weighted by atomic mass is 10.1. The van der Waals surface area contributed by atoms with E-state index in [9.17, 15) is 9.59 Å². The van der Waals surface area contributed by atoms with Crippen LogP contribution in [0.3, 0.4) is 0 Å². The van der Waals surface area contributed by atoms with E-state index >= 15 is 0 Å². The first kappa shape index (κ1) is 16.6. The highest BCUT2D eigenvalue weighted by Crippen LogP contribution is 2.28. The summed E-state index contributed by atoms with van der Waals surface area (Å²) in [5.41, 5.74) is 0.731. The van der Waals surface area contributed by atoms with Crippen molar-refractivity contribution in [3.05, 3.63) is 44.9 Å². The molecule has 1 aliphatic rings. The fourth-order valence-electron chi connectivity index (χ4n) is 1.76. The average Bonchev–Trinajstić information content (AvgIpc) is 2.51. The van der Waals surface area contributed by atoms with E-state index in [1.807, 2.05) is 0 Å². The normalized spacial score (nSPS) is 14.2. The third kappa shape index (κ3) is 3.53. The fourth-order valence-corrected chi connectivity index (χ4v) is 2.92. The van der Waals surface area contributed by atoms with Crippen LogP contribution in [0.1, 0.15) is 10.4 Å². The molecular formula is C15H11Br2NO4. The van der Waals surface area contributed by atoms with Crippen molar-refractivity contribution in [3.63, 3.8) is 0 Å². The summed E-state index contributed by atoms with van der Waals surface area (Å²) in [5.74, 6) is 0.331. The summed E-state index contributed by atoms with van der Waals surface area (Å²) in [6, 6.07) is 4.78. The summed E-state index contributed by atoms with van der Waals surface area (Å²) in [5, 5.41) is 0. The second kappa shape index (κ2) is 7.02. The molecule has 0 fully saturated rings. The Bertz CT molecular complexity index is 711. The molecule has 0 heterocycles. The Labute approximate surface area is 144 Å². The molecule has 5 nitrogen and oxygen atoms in total. The second-order valence-corrected chi connectivity index (χ2v) is 5.93. The molecule has 1 amide bonds. The molecule has 0 unspecified atom stereocenters. The third-order valence-electron chi connectivity index (χ3n) is 2.84. The van der Waals surface area contributed by atoms with Gasteiger partial charge in [0, 0.05) is 5.56 Å². The number of halogens is 2. The summed E-state index contributed by atoms with van der Waals surface area (Å²) in [7, 11) is 3.01. The number of ether oxygens (including phenoxy) is 2. The van der Waals surface area contributed by atoms with E-state index in [1.54, 1.807) is 18.2 Å². The largest absolute Gasteiger partial charge is 0.493 e. The number of carbonyl (C=O) groups is 2. The first-order valence-electron chi connectivity index (χ1n) is 6.10. The maximum Gasteiger partial charge on any atom is 0.277 e. The number of allylic oxidation sites excluding steroid dienone is 4. The van der Waals surface area contributed by atoms with Gasteiger partial charge >= 0.3 is 0 Å². The lowest BCUT2D eigenvalue weighted by molar-refractivity contribution is -0.110. The number of aliphatic imine (C=N–C) groups is 1. The Morgan fingerprint density at radius 3 is 2.18 bits per heavy atom. The molecule has 0 bridgehead atoms. The number of nitrogens with zero attached hydrogens (tertiary/aromatic N) is 1. The van der Waals surface area contributed by atoms with E-state index in [0.29, 0.717) is 31.7 Å². The molecule has 1 aromatic rings. The van der Waals surface area contributed by atoms with Gasteiger partial charge in [-0.25, -0.2) is 4.99 Å². The van der Waals surface area contributed by atoms with Crippen LogP contribution in [-0.2, 0) is 4.79 Å². The zero-order chi connectivity index (χ0) is 16.3. The van der Waals surface area contributed by atoms with E-state index < -0.39 is 5.91 Å². The van der Waals surface area contributed by atoms with E-state index in [4.69, 9.17) is 9.47 Å². The van der Waals surface area contributed by atoms with E-state index in [1.165, 1.54) is 26.4 Å². The number of Topliss-reactive ketones (excluding diaryl/α,β-unsaturated/α-hetero) is 1. The van der Waals surface area contributed by atoms with Gasteiger partial charge in [0.2, 0.25) is 5.78 Å². The van der Waals surface area contributed by atoms with Gasteiger partial charge in [0.1, 0.15) is 0 Å². The van der Waals surface area contributed by atoms with Crippen LogP contribution in [0.15, 0.2) is 44.3 Å². The number of benzene rings is 1. The van der Waals surface area contributed by atoms with Gasteiger partial charge in [0.05, 0.1) is 28.9 Å². The van der Waals surface area contributed by atoms with Gasteiger partial charge in [-0.2, -0.15) is 0 Å². The van der Waals surface area contributed by atoms with Crippen molar-refractivity contribution >= 4 is 49.3 Å². The molecule has 0 atom stereocenters. The summed E-state index contributed by atoms with van der Waals surface area (Å²) >= 11 is 6.27. The molecule has 1 aromatic carbocycles. The van der Waals surface area contributed by atoms with Crippen molar-refractivity contribution < 1.29 is 19.1 Å². The zero-order valence-electron chi connectivity index (χ0n) is 11.7. The quantitative estimate of drug-likeness (QED) is 0.692. The van der Waals surface area contributed by atoms with E-state index in [2.05, 4.69) is 36.9 Å². The fraction of sp³-hybridized carbons (Fsp3) is 0.133. The molecule has 2 rings (SSSR count). The van der Waals surface area contributed by atoms with Crippen molar-refractivity contribution in [1.29, 1.82) is 0 Å². The Hall–Kier alpha value is -1.73. The first-order valence-corrected chi connectivity index (χ1v) is 7.69. The molecule has 0 radical (unpaired) electrons. The predicted molar refractivity (Wildman–Crippen MR) is 90.3 cm³/mol. The van der Waals surface area contributed by atoms with Gasteiger partial charge in [0.25, 0.3) is 5.91 Å². The van der Waals surface area contributed by atoms with Gasteiger partial charge < -0.3 is 9.47 Å². The molecule has 114 valence electrons. The predicted octanol–water partition coefficient (Wildman–Crippen LogP) is 3.43. The summed E-state index contributed by atoms with van der Waals surface area (Å²) < 4.78 is 10.9. The first-order chi connectivity index (χ1) is 10.5. The molecule has 0 spiro atoms. The molecular weight excluding hydrogens is 418 g/mol. The van der Waals surface area contributed by atoms with Crippen LogP contribution in [0, 0.1) is 0 Å². The number of rotatable bonds is 3. The van der Waals surface area contributed by atoms with Crippen molar-refractivity contribution in [2.45, 2.75) is 0 Å². The van der Waals surface area contributed by atoms with Crippen molar-refractivity contribution in [2.75, 3.05) is 14.2 Å². The lowest BCUT2D eigenvalue weighted by Gasteiger charge is -2.08. The minimum Gasteiger partial charge on any atom is -0.493 e. The van der Waals surface area contributed by atoms with E-state index in [-0.39, 0.29) is 5.78 Å². The highest BCUT2D eigenvalue weighted by Gasteiger charge is 2.18. The van der Waals surface area contributed by atoms with Crippen LogP contribution in [-0.4, -0.2) is 31.6 Å². The van der Waals surface area contributed by atoms with Crippen LogP contribution >= 0.6 is 31.9 Å². The lowest BCUT2D eigenvalue weighted by Crippen LogP contribution is -2.09. The van der Waals surface area contributed by atoms with Gasteiger partial charge in [-0.3, -0.25) is 9.59 Å². The number of hydrogen-bond donors (Lipinski definition) is 0.